The molecule has 0 saturated carbocycles. The molecule has 4 aromatic rings. The summed E-state index contributed by atoms with van der Waals surface area (Å²) < 4.78 is 4.52. The standard InChI is InChI=1S/C21H23N5/c1-15-11-20-19(7-8-21-23-22-16(2)26(20)21)25(15)14-18-6-3-5-17(12-18)13-24-9-4-10-24/h3,5-8,11-12H,4,9-10,13-14H2,1-2H3. The van der Waals surface area contributed by atoms with Crippen molar-refractivity contribution in [2.45, 2.75) is 33.4 Å². The Morgan fingerprint density at radius 1 is 0.885 bits per heavy atom. The highest BCUT2D eigenvalue weighted by atomic mass is 15.2. The Balaban J connectivity index is 1.53. The smallest absolute Gasteiger partial charge is 0.161 e. The third-order valence-electron chi connectivity index (χ3n) is 5.49. The zero-order chi connectivity index (χ0) is 17.7. The fraction of sp³-hybridized carbons (Fsp3) is 0.333. The lowest BCUT2D eigenvalue weighted by Crippen LogP contribution is -2.36. The first-order valence-electron chi connectivity index (χ1n) is 9.30. The van der Waals surface area contributed by atoms with E-state index in [1.165, 1.54) is 47.4 Å². The van der Waals surface area contributed by atoms with Gasteiger partial charge in [-0.2, -0.15) is 0 Å². The molecule has 0 unspecified atom stereocenters. The molecule has 26 heavy (non-hydrogen) atoms. The fourth-order valence-electron chi connectivity index (χ4n) is 3.99. The van der Waals surface area contributed by atoms with Crippen molar-refractivity contribution in [1.82, 2.24) is 24.1 Å². The van der Waals surface area contributed by atoms with Gasteiger partial charge in [-0.15, -0.1) is 10.2 Å². The fourth-order valence-corrected chi connectivity index (χ4v) is 3.99. The minimum atomic E-state index is 0.885. The van der Waals surface area contributed by atoms with E-state index in [1.54, 1.807) is 0 Å². The molecule has 0 N–H and O–H groups in total. The van der Waals surface area contributed by atoms with Crippen LogP contribution in [-0.4, -0.2) is 37.2 Å². The Bertz CT molecular complexity index is 1100. The zero-order valence-corrected chi connectivity index (χ0v) is 15.3. The van der Waals surface area contributed by atoms with Gasteiger partial charge in [-0.05, 0) is 62.7 Å². The van der Waals surface area contributed by atoms with Crippen molar-refractivity contribution in [2.75, 3.05) is 13.1 Å². The Kier molecular flexibility index (Phi) is 3.57. The maximum absolute atomic E-state index is 4.24. The SMILES string of the molecule is Cc1cc2c(ccc3nnc(C)n32)n1Cc1cccc(CN2CCC2)c1. The lowest BCUT2D eigenvalue weighted by Gasteiger charge is -2.30. The molecule has 0 atom stereocenters. The number of likely N-dealkylation sites (tertiary alicyclic amines) is 1. The van der Waals surface area contributed by atoms with Gasteiger partial charge < -0.3 is 4.57 Å². The average Bonchev–Trinajstić information content (AvgIpc) is 3.12. The monoisotopic (exact) mass is 345 g/mol. The average molecular weight is 345 g/mol. The first-order chi connectivity index (χ1) is 12.7. The maximum atomic E-state index is 4.24. The first kappa shape index (κ1) is 15.6. The van der Waals surface area contributed by atoms with E-state index in [-0.39, 0.29) is 0 Å². The van der Waals surface area contributed by atoms with Crippen LogP contribution in [0, 0.1) is 13.8 Å². The summed E-state index contributed by atoms with van der Waals surface area (Å²) in [5, 5.41) is 8.46. The van der Waals surface area contributed by atoms with Gasteiger partial charge in [0.15, 0.2) is 5.65 Å². The van der Waals surface area contributed by atoms with Crippen molar-refractivity contribution < 1.29 is 0 Å². The molecule has 132 valence electrons. The quantitative estimate of drug-likeness (QED) is 0.568. The van der Waals surface area contributed by atoms with E-state index >= 15 is 0 Å². The molecule has 0 radical (unpaired) electrons. The van der Waals surface area contributed by atoms with Crippen molar-refractivity contribution in [3.63, 3.8) is 0 Å². The van der Waals surface area contributed by atoms with Gasteiger partial charge in [0, 0.05) is 18.8 Å². The second-order valence-corrected chi connectivity index (χ2v) is 7.37. The van der Waals surface area contributed by atoms with Gasteiger partial charge in [0.05, 0.1) is 11.0 Å². The van der Waals surface area contributed by atoms with Crippen LogP contribution in [0.4, 0.5) is 0 Å². The number of benzene rings is 1. The Morgan fingerprint density at radius 2 is 1.69 bits per heavy atom. The van der Waals surface area contributed by atoms with Crippen LogP contribution in [0.1, 0.15) is 29.1 Å². The summed E-state index contributed by atoms with van der Waals surface area (Å²) in [7, 11) is 0. The highest BCUT2D eigenvalue weighted by Gasteiger charge is 2.15. The van der Waals surface area contributed by atoms with Crippen molar-refractivity contribution in [1.29, 1.82) is 0 Å². The van der Waals surface area contributed by atoms with E-state index in [1.807, 2.05) is 6.92 Å². The number of nitrogens with zero attached hydrogens (tertiary/aromatic N) is 5. The summed E-state index contributed by atoms with van der Waals surface area (Å²) in [6.45, 7) is 8.61. The molecule has 5 rings (SSSR count). The second-order valence-electron chi connectivity index (χ2n) is 7.37. The van der Waals surface area contributed by atoms with Crippen molar-refractivity contribution >= 4 is 16.7 Å². The molecule has 5 nitrogen and oxygen atoms in total. The molecule has 5 heteroatoms. The van der Waals surface area contributed by atoms with Crippen LogP contribution in [0.5, 0.6) is 0 Å². The largest absolute Gasteiger partial charge is 0.339 e. The Hall–Kier alpha value is -2.66. The molecule has 1 saturated heterocycles. The molecule has 0 spiro atoms. The summed E-state index contributed by atoms with van der Waals surface area (Å²) >= 11 is 0. The van der Waals surface area contributed by atoms with Crippen molar-refractivity contribution in [2.24, 2.45) is 0 Å². The minimum Gasteiger partial charge on any atom is -0.339 e. The third-order valence-corrected chi connectivity index (χ3v) is 5.49. The normalized spacial score (nSPS) is 15.0. The molecule has 0 aliphatic carbocycles. The van der Waals surface area contributed by atoms with Crippen molar-refractivity contribution in [3.8, 4) is 0 Å². The molecule has 0 amide bonds. The number of aromatic nitrogens is 4. The van der Waals surface area contributed by atoms with Gasteiger partial charge >= 0.3 is 0 Å². The van der Waals surface area contributed by atoms with Gasteiger partial charge in [-0.25, -0.2) is 0 Å². The van der Waals surface area contributed by atoms with E-state index in [4.69, 9.17) is 0 Å². The van der Waals surface area contributed by atoms with E-state index in [2.05, 4.69) is 73.5 Å². The number of aryl methyl sites for hydroxylation is 2. The topological polar surface area (TPSA) is 38.4 Å². The molecule has 1 aliphatic heterocycles. The van der Waals surface area contributed by atoms with Crippen LogP contribution >= 0.6 is 0 Å². The number of pyridine rings is 1. The molecular formula is C21H23N5. The summed E-state index contributed by atoms with van der Waals surface area (Å²) in [6.07, 6.45) is 1.34. The van der Waals surface area contributed by atoms with Gasteiger partial charge in [-0.1, -0.05) is 24.3 Å². The van der Waals surface area contributed by atoms with Crippen LogP contribution in [0.25, 0.3) is 16.7 Å². The predicted molar refractivity (Wildman–Crippen MR) is 103 cm³/mol. The van der Waals surface area contributed by atoms with Gasteiger partial charge in [0.25, 0.3) is 0 Å². The second kappa shape index (κ2) is 5.95. The number of hydrogen-bond donors (Lipinski definition) is 0. The highest BCUT2D eigenvalue weighted by Crippen LogP contribution is 2.23. The van der Waals surface area contributed by atoms with Crippen LogP contribution in [-0.2, 0) is 13.1 Å². The Labute approximate surface area is 152 Å². The van der Waals surface area contributed by atoms with E-state index in [0.717, 1.165) is 24.6 Å². The van der Waals surface area contributed by atoms with Gasteiger partial charge in [0.1, 0.15) is 5.82 Å². The van der Waals surface area contributed by atoms with E-state index < -0.39 is 0 Å². The van der Waals surface area contributed by atoms with Gasteiger partial charge in [-0.3, -0.25) is 9.30 Å². The molecule has 1 fully saturated rings. The lowest BCUT2D eigenvalue weighted by molar-refractivity contribution is 0.172. The molecular weight excluding hydrogens is 322 g/mol. The molecule has 3 aromatic heterocycles. The summed E-state index contributed by atoms with van der Waals surface area (Å²) in [5.41, 5.74) is 7.33. The maximum Gasteiger partial charge on any atom is 0.161 e. The van der Waals surface area contributed by atoms with Crippen molar-refractivity contribution in [3.05, 3.63) is 65.1 Å². The molecule has 1 aliphatic rings. The molecule has 0 bridgehead atoms. The number of fused-ring (bicyclic) bond motifs is 3. The van der Waals surface area contributed by atoms with E-state index in [0.29, 0.717) is 0 Å². The molecule has 4 heterocycles. The van der Waals surface area contributed by atoms with Crippen LogP contribution < -0.4 is 0 Å². The summed E-state index contributed by atoms with van der Waals surface area (Å²) in [4.78, 5) is 2.50. The van der Waals surface area contributed by atoms with Crippen LogP contribution in [0.15, 0.2) is 42.5 Å². The van der Waals surface area contributed by atoms with Gasteiger partial charge in [0.2, 0.25) is 0 Å². The third kappa shape index (κ3) is 2.51. The van der Waals surface area contributed by atoms with Crippen LogP contribution in [0.2, 0.25) is 0 Å². The lowest BCUT2D eigenvalue weighted by atomic mass is 10.1. The Morgan fingerprint density at radius 3 is 2.46 bits per heavy atom. The van der Waals surface area contributed by atoms with E-state index in [9.17, 15) is 0 Å². The highest BCUT2D eigenvalue weighted by molar-refractivity contribution is 5.81. The zero-order valence-electron chi connectivity index (χ0n) is 15.3. The number of hydrogen-bond acceptors (Lipinski definition) is 3. The summed E-state index contributed by atoms with van der Waals surface area (Å²) in [6, 6.07) is 15.5. The number of rotatable bonds is 4. The summed E-state index contributed by atoms with van der Waals surface area (Å²) in [5.74, 6) is 0.930. The first-order valence-corrected chi connectivity index (χ1v) is 9.30. The van der Waals surface area contributed by atoms with Crippen LogP contribution in [0.3, 0.4) is 0 Å². The minimum absolute atomic E-state index is 0.885. The predicted octanol–water partition coefficient (Wildman–Crippen LogP) is 3.55. The molecule has 1 aromatic carbocycles.